The average Bonchev–Trinajstić information content (AvgIpc) is 3.34. The summed E-state index contributed by atoms with van der Waals surface area (Å²) in [6, 6.07) is 10.8. The summed E-state index contributed by atoms with van der Waals surface area (Å²) in [7, 11) is 0. The molecule has 0 saturated carbocycles. The molecule has 0 radical (unpaired) electrons. The molecule has 4 heteroatoms. The lowest BCUT2D eigenvalue weighted by Gasteiger charge is -2.22. The lowest BCUT2D eigenvalue weighted by molar-refractivity contribution is -0.00388. The molecule has 1 aliphatic heterocycles. The largest absolute Gasteiger partial charge is 0.355 e. The number of rotatable bonds is 10. The molecule has 0 spiro atoms. The average molecular weight is 447 g/mol. The van der Waals surface area contributed by atoms with Crippen LogP contribution in [0.25, 0.3) is 0 Å². The monoisotopic (exact) mass is 446 g/mol. The Balaban J connectivity index is 1.65. The standard InChI is InChI=1S/C24H35BrN2O/c1-4-6-7-22-12-13-23(28-22)27-15-14-20(24(27)18(3)5-2)17-26-16-19-8-10-21(25)11-9-19/h8-11,14-15,18,22-23,26H,4-7,12-13,16-17H2,1-3H3. The second-order valence-electron chi connectivity index (χ2n) is 8.11. The molecular weight excluding hydrogens is 412 g/mol. The number of halogens is 1. The van der Waals surface area contributed by atoms with E-state index in [4.69, 9.17) is 4.74 Å². The third-order valence-corrected chi connectivity index (χ3v) is 6.48. The molecule has 2 heterocycles. The number of nitrogens with zero attached hydrogens (tertiary/aromatic N) is 1. The number of benzene rings is 1. The first-order valence-corrected chi connectivity index (χ1v) is 11.7. The number of unbranched alkanes of at least 4 members (excludes halogenated alkanes) is 1. The summed E-state index contributed by atoms with van der Waals surface area (Å²) < 4.78 is 9.97. The molecular formula is C24H35BrN2O. The molecule has 154 valence electrons. The van der Waals surface area contributed by atoms with Crippen molar-refractivity contribution >= 4 is 15.9 Å². The first-order chi connectivity index (χ1) is 13.6. The van der Waals surface area contributed by atoms with Crippen LogP contribution in [0.2, 0.25) is 0 Å². The molecule has 3 nitrogen and oxygen atoms in total. The van der Waals surface area contributed by atoms with Crippen molar-refractivity contribution in [2.24, 2.45) is 0 Å². The molecule has 1 aromatic heterocycles. The van der Waals surface area contributed by atoms with Crippen molar-refractivity contribution in [2.45, 2.75) is 90.6 Å². The highest BCUT2D eigenvalue weighted by Gasteiger charge is 2.28. The topological polar surface area (TPSA) is 26.2 Å². The van der Waals surface area contributed by atoms with E-state index in [9.17, 15) is 0 Å². The summed E-state index contributed by atoms with van der Waals surface area (Å²) >= 11 is 3.50. The second kappa shape index (κ2) is 10.6. The summed E-state index contributed by atoms with van der Waals surface area (Å²) in [5.41, 5.74) is 4.17. The Bertz CT molecular complexity index is 725. The highest BCUT2D eigenvalue weighted by molar-refractivity contribution is 9.10. The van der Waals surface area contributed by atoms with Gasteiger partial charge in [0.15, 0.2) is 0 Å². The number of hydrogen-bond acceptors (Lipinski definition) is 2. The normalized spacial score (nSPS) is 20.6. The molecule has 3 rings (SSSR count). The van der Waals surface area contributed by atoms with Crippen molar-refractivity contribution in [1.82, 2.24) is 9.88 Å². The summed E-state index contributed by atoms with van der Waals surface area (Å²) in [6.45, 7) is 8.66. The molecule has 1 fully saturated rings. The highest BCUT2D eigenvalue weighted by atomic mass is 79.9. The van der Waals surface area contributed by atoms with Crippen molar-refractivity contribution in [1.29, 1.82) is 0 Å². The van der Waals surface area contributed by atoms with Gasteiger partial charge < -0.3 is 14.6 Å². The predicted molar refractivity (Wildman–Crippen MR) is 120 cm³/mol. The zero-order chi connectivity index (χ0) is 19.9. The summed E-state index contributed by atoms with van der Waals surface area (Å²) in [4.78, 5) is 0. The van der Waals surface area contributed by atoms with E-state index in [2.05, 4.69) is 83.1 Å². The fraction of sp³-hybridized carbons (Fsp3) is 0.583. The van der Waals surface area contributed by atoms with Gasteiger partial charge in [0.25, 0.3) is 0 Å². The van der Waals surface area contributed by atoms with E-state index in [1.807, 2.05) is 0 Å². The van der Waals surface area contributed by atoms with Crippen molar-refractivity contribution < 1.29 is 4.74 Å². The number of hydrogen-bond donors (Lipinski definition) is 1. The first kappa shape index (κ1) is 21.6. The fourth-order valence-corrected chi connectivity index (χ4v) is 4.41. The smallest absolute Gasteiger partial charge is 0.134 e. The van der Waals surface area contributed by atoms with E-state index in [0.29, 0.717) is 12.0 Å². The van der Waals surface area contributed by atoms with Crippen LogP contribution in [0.1, 0.15) is 88.3 Å². The Morgan fingerprint density at radius 1 is 1.14 bits per heavy atom. The van der Waals surface area contributed by atoms with Crippen molar-refractivity contribution in [2.75, 3.05) is 0 Å². The van der Waals surface area contributed by atoms with Gasteiger partial charge >= 0.3 is 0 Å². The van der Waals surface area contributed by atoms with Gasteiger partial charge in [-0.15, -0.1) is 0 Å². The molecule has 28 heavy (non-hydrogen) atoms. The molecule has 0 bridgehead atoms. The molecule has 0 aliphatic carbocycles. The maximum atomic E-state index is 6.42. The quantitative estimate of drug-likeness (QED) is 0.428. The Morgan fingerprint density at radius 2 is 1.93 bits per heavy atom. The van der Waals surface area contributed by atoms with E-state index >= 15 is 0 Å². The van der Waals surface area contributed by atoms with Crippen LogP contribution < -0.4 is 5.32 Å². The summed E-state index contributed by atoms with van der Waals surface area (Å²) in [6.07, 6.45) is 10.1. The van der Waals surface area contributed by atoms with Crippen LogP contribution in [0.5, 0.6) is 0 Å². The molecule has 1 aliphatic rings. The predicted octanol–water partition coefficient (Wildman–Crippen LogP) is 6.92. The summed E-state index contributed by atoms with van der Waals surface area (Å²) in [5.74, 6) is 0.540. The van der Waals surface area contributed by atoms with E-state index in [0.717, 1.165) is 30.4 Å². The maximum Gasteiger partial charge on any atom is 0.134 e. The third kappa shape index (κ3) is 5.49. The number of aromatic nitrogens is 1. The fourth-order valence-electron chi connectivity index (χ4n) is 4.15. The second-order valence-corrected chi connectivity index (χ2v) is 9.02. The van der Waals surface area contributed by atoms with Gasteiger partial charge in [0.2, 0.25) is 0 Å². The molecule has 3 unspecified atom stereocenters. The van der Waals surface area contributed by atoms with Gasteiger partial charge in [0, 0.05) is 29.5 Å². The Kier molecular flexibility index (Phi) is 8.19. The van der Waals surface area contributed by atoms with Crippen LogP contribution in [-0.2, 0) is 17.8 Å². The molecule has 3 atom stereocenters. The van der Waals surface area contributed by atoms with Crippen LogP contribution in [0.15, 0.2) is 41.0 Å². The zero-order valence-electron chi connectivity index (χ0n) is 17.6. The maximum absolute atomic E-state index is 6.42. The van der Waals surface area contributed by atoms with Crippen LogP contribution in [0, 0.1) is 0 Å². The molecule has 1 aromatic carbocycles. The van der Waals surface area contributed by atoms with E-state index in [-0.39, 0.29) is 6.23 Å². The van der Waals surface area contributed by atoms with Crippen LogP contribution in [-0.4, -0.2) is 10.7 Å². The number of ether oxygens (including phenoxy) is 1. The lowest BCUT2D eigenvalue weighted by Crippen LogP contribution is -2.18. The minimum absolute atomic E-state index is 0.214. The Morgan fingerprint density at radius 3 is 2.64 bits per heavy atom. The van der Waals surface area contributed by atoms with Crippen molar-refractivity contribution in [3.05, 3.63) is 57.8 Å². The molecule has 2 aromatic rings. The van der Waals surface area contributed by atoms with E-state index in [1.54, 1.807) is 0 Å². The van der Waals surface area contributed by atoms with Gasteiger partial charge in [0.05, 0.1) is 6.10 Å². The number of nitrogens with one attached hydrogen (secondary N) is 1. The Hall–Kier alpha value is -1.10. The van der Waals surface area contributed by atoms with E-state index < -0.39 is 0 Å². The molecule has 1 N–H and O–H groups in total. The minimum Gasteiger partial charge on any atom is -0.355 e. The molecule has 0 amide bonds. The van der Waals surface area contributed by atoms with Crippen LogP contribution >= 0.6 is 15.9 Å². The van der Waals surface area contributed by atoms with Gasteiger partial charge in [-0.2, -0.15) is 0 Å². The van der Waals surface area contributed by atoms with Gasteiger partial charge in [0.1, 0.15) is 6.23 Å². The zero-order valence-corrected chi connectivity index (χ0v) is 19.2. The SMILES string of the molecule is CCCCC1CCC(n2ccc(CNCc3ccc(Br)cc3)c2C(C)CC)O1. The van der Waals surface area contributed by atoms with E-state index in [1.165, 1.54) is 42.5 Å². The third-order valence-electron chi connectivity index (χ3n) is 5.96. The highest BCUT2D eigenvalue weighted by Crippen LogP contribution is 2.35. The van der Waals surface area contributed by atoms with Gasteiger partial charge in [-0.1, -0.05) is 61.7 Å². The molecule has 1 saturated heterocycles. The van der Waals surface area contributed by atoms with Gasteiger partial charge in [-0.25, -0.2) is 0 Å². The van der Waals surface area contributed by atoms with Crippen LogP contribution in [0.3, 0.4) is 0 Å². The van der Waals surface area contributed by atoms with Crippen LogP contribution in [0.4, 0.5) is 0 Å². The van der Waals surface area contributed by atoms with Crippen molar-refractivity contribution in [3.8, 4) is 0 Å². The summed E-state index contributed by atoms with van der Waals surface area (Å²) in [5, 5.41) is 3.63. The minimum atomic E-state index is 0.214. The van der Waals surface area contributed by atoms with Gasteiger partial charge in [-0.3, -0.25) is 0 Å². The van der Waals surface area contributed by atoms with Crippen molar-refractivity contribution in [3.63, 3.8) is 0 Å². The first-order valence-electron chi connectivity index (χ1n) is 10.9. The lowest BCUT2D eigenvalue weighted by atomic mass is 10.0. The Labute approximate surface area is 179 Å². The van der Waals surface area contributed by atoms with Gasteiger partial charge in [-0.05, 0) is 60.9 Å².